The van der Waals surface area contributed by atoms with Gasteiger partial charge >= 0.3 is 5.97 Å². The summed E-state index contributed by atoms with van der Waals surface area (Å²) in [6, 6.07) is 7.66. The molecule has 23 heavy (non-hydrogen) atoms. The van der Waals surface area contributed by atoms with Crippen LogP contribution in [0.25, 0.3) is 0 Å². The predicted molar refractivity (Wildman–Crippen MR) is 92.9 cm³/mol. The van der Waals surface area contributed by atoms with E-state index in [1.54, 1.807) is 0 Å². The Morgan fingerprint density at radius 2 is 1.91 bits per heavy atom. The van der Waals surface area contributed by atoms with Crippen molar-refractivity contribution in [3.8, 4) is 0 Å². The Hall–Kier alpha value is -1.36. The number of carbonyl (C=O) groups excluding carboxylic acids is 2. The lowest BCUT2D eigenvalue weighted by Gasteiger charge is -2.34. The molecule has 5 heteroatoms. The van der Waals surface area contributed by atoms with Crippen molar-refractivity contribution in [2.75, 3.05) is 6.61 Å². The lowest BCUT2D eigenvalue weighted by atomic mass is 9.78. The molecule has 0 bridgehead atoms. The van der Waals surface area contributed by atoms with E-state index in [1.807, 2.05) is 24.3 Å². The molecule has 1 aromatic carbocycles. The molecular weight excluding hydrogens is 358 g/mol. The van der Waals surface area contributed by atoms with Gasteiger partial charge in [-0.1, -0.05) is 54.8 Å². The lowest BCUT2D eigenvalue weighted by molar-refractivity contribution is -0.148. The second-order valence-corrected chi connectivity index (χ2v) is 7.32. The second kappa shape index (κ2) is 8.48. The maximum Gasteiger partial charge on any atom is 0.310 e. The van der Waals surface area contributed by atoms with Gasteiger partial charge in [0.15, 0.2) is 6.61 Å². The molecule has 0 saturated heterocycles. The van der Waals surface area contributed by atoms with Crippen molar-refractivity contribution in [1.29, 1.82) is 0 Å². The Morgan fingerprint density at radius 3 is 2.61 bits per heavy atom. The monoisotopic (exact) mass is 381 g/mol. The molecule has 3 unspecified atom stereocenters. The van der Waals surface area contributed by atoms with Gasteiger partial charge in [-0.25, -0.2) is 0 Å². The van der Waals surface area contributed by atoms with E-state index in [0.29, 0.717) is 11.8 Å². The molecule has 2 rings (SSSR count). The molecule has 3 atom stereocenters. The van der Waals surface area contributed by atoms with Crippen LogP contribution in [0.3, 0.4) is 0 Å². The number of amides is 1. The highest BCUT2D eigenvalue weighted by Gasteiger charge is 2.28. The lowest BCUT2D eigenvalue weighted by Crippen LogP contribution is -2.45. The zero-order chi connectivity index (χ0) is 16.8. The third-order valence-corrected chi connectivity index (χ3v) is 5.21. The summed E-state index contributed by atoms with van der Waals surface area (Å²) in [6.07, 6.45) is 3.54. The molecule has 1 fully saturated rings. The van der Waals surface area contributed by atoms with Gasteiger partial charge in [-0.2, -0.15) is 0 Å². The van der Waals surface area contributed by atoms with E-state index in [9.17, 15) is 9.59 Å². The van der Waals surface area contributed by atoms with E-state index in [1.165, 1.54) is 6.42 Å². The Kier molecular flexibility index (Phi) is 6.63. The number of hydrogen-bond donors (Lipinski definition) is 1. The fourth-order valence-electron chi connectivity index (χ4n) is 3.00. The van der Waals surface area contributed by atoms with E-state index in [4.69, 9.17) is 4.74 Å². The third-order valence-electron chi connectivity index (χ3n) is 4.68. The molecule has 0 heterocycles. The Bertz CT molecular complexity index is 544. The van der Waals surface area contributed by atoms with Crippen LogP contribution in [0.5, 0.6) is 0 Å². The summed E-state index contributed by atoms with van der Waals surface area (Å²) in [5, 5.41) is 3.00. The first kappa shape index (κ1) is 18.0. The van der Waals surface area contributed by atoms with Crippen LogP contribution in [-0.2, 0) is 20.7 Å². The zero-order valence-electron chi connectivity index (χ0n) is 13.7. The molecule has 1 aliphatic carbocycles. The van der Waals surface area contributed by atoms with Gasteiger partial charge in [0.1, 0.15) is 0 Å². The fourth-order valence-corrected chi connectivity index (χ4v) is 3.26. The van der Waals surface area contributed by atoms with Crippen LogP contribution in [0.15, 0.2) is 28.7 Å². The first-order chi connectivity index (χ1) is 11.0. The number of rotatable bonds is 5. The highest BCUT2D eigenvalue weighted by Crippen LogP contribution is 2.29. The van der Waals surface area contributed by atoms with Crippen molar-refractivity contribution < 1.29 is 14.3 Å². The maximum absolute atomic E-state index is 12.0. The van der Waals surface area contributed by atoms with Gasteiger partial charge in [0, 0.05) is 10.5 Å². The number of carbonyl (C=O) groups is 2. The number of esters is 1. The summed E-state index contributed by atoms with van der Waals surface area (Å²) < 4.78 is 6.04. The van der Waals surface area contributed by atoms with Crippen molar-refractivity contribution in [1.82, 2.24) is 5.32 Å². The van der Waals surface area contributed by atoms with Gasteiger partial charge in [-0.15, -0.1) is 0 Å². The fraction of sp³-hybridized carbons (Fsp3) is 0.556. The minimum atomic E-state index is -0.382. The number of benzene rings is 1. The third kappa shape index (κ3) is 5.65. The first-order valence-corrected chi connectivity index (χ1v) is 8.94. The van der Waals surface area contributed by atoms with Crippen molar-refractivity contribution in [2.24, 2.45) is 11.8 Å². The van der Waals surface area contributed by atoms with E-state index in [2.05, 4.69) is 35.1 Å². The van der Waals surface area contributed by atoms with Gasteiger partial charge < -0.3 is 10.1 Å². The van der Waals surface area contributed by atoms with Gasteiger partial charge in [-0.3, -0.25) is 9.59 Å². The molecule has 0 radical (unpaired) electrons. The Morgan fingerprint density at radius 1 is 1.22 bits per heavy atom. The van der Waals surface area contributed by atoms with Crippen LogP contribution in [0.4, 0.5) is 0 Å². The van der Waals surface area contributed by atoms with E-state index < -0.39 is 0 Å². The smallest absolute Gasteiger partial charge is 0.310 e. The Balaban J connectivity index is 1.73. The molecule has 126 valence electrons. The summed E-state index contributed by atoms with van der Waals surface area (Å²) in [6.45, 7) is 4.20. The molecule has 1 aliphatic rings. The first-order valence-electron chi connectivity index (χ1n) is 8.15. The van der Waals surface area contributed by atoms with Crippen LogP contribution in [0, 0.1) is 11.8 Å². The normalized spacial score (nSPS) is 24.0. The molecule has 1 amide bonds. The molecule has 0 spiro atoms. The molecule has 1 saturated carbocycles. The molecule has 0 aromatic heterocycles. The summed E-state index contributed by atoms with van der Waals surface area (Å²) in [5.41, 5.74) is 0.869. The van der Waals surface area contributed by atoms with E-state index in [0.717, 1.165) is 22.9 Å². The maximum atomic E-state index is 12.0. The standard InChI is InChI=1S/C18H24BrNO3/c1-12-4-3-5-16(13(12)2)20-17(21)11-23-18(22)10-14-6-8-15(19)9-7-14/h6-9,12-13,16H,3-5,10-11H2,1-2H3,(H,20,21). The zero-order valence-corrected chi connectivity index (χ0v) is 15.3. The molecule has 1 N–H and O–H groups in total. The number of ether oxygens (including phenoxy) is 1. The van der Waals surface area contributed by atoms with Crippen molar-refractivity contribution in [3.05, 3.63) is 34.3 Å². The number of halogens is 1. The second-order valence-electron chi connectivity index (χ2n) is 6.41. The van der Waals surface area contributed by atoms with E-state index in [-0.39, 0.29) is 30.9 Å². The SMILES string of the molecule is CC1CCCC(NC(=O)COC(=O)Cc2ccc(Br)cc2)C1C. The van der Waals surface area contributed by atoms with Crippen LogP contribution >= 0.6 is 15.9 Å². The van der Waals surface area contributed by atoms with Gasteiger partial charge in [0.25, 0.3) is 5.91 Å². The van der Waals surface area contributed by atoms with Crippen LogP contribution in [0.2, 0.25) is 0 Å². The predicted octanol–water partition coefficient (Wildman–Crippen LogP) is 3.48. The largest absolute Gasteiger partial charge is 0.455 e. The van der Waals surface area contributed by atoms with E-state index >= 15 is 0 Å². The van der Waals surface area contributed by atoms with Crippen LogP contribution in [0.1, 0.15) is 38.7 Å². The number of hydrogen-bond acceptors (Lipinski definition) is 3. The van der Waals surface area contributed by atoms with Crippen molar-refractivity contribution >= 4 is 27.8 Å². The summed E-state index contributed by atoms with van der Waals surface area (Å²) >= 11 is 3.35. The topological polar surface area (TPSA) is 55.4 Å². The Labute approximate surface area is 146 Å². The molecule has 0 aliphatic heterocycles. The highest BCUT2D eigenvalue weighted by atomic mass is 79.9. The molecule has 1 aromatic rings. The summed E-state index contributed by atoms with van der Waals surface area (Å²) in [4.78, 5) is 23.8. The van der Waals surface area contributed by atoms with Gasteiger partial charge in [-0.05, 0) is 36.0 Å². The minimum absolute atomic E-state index is 0.178. The quantitative estimate of drug-likeness (QED) is 0.794. The average molecular weight is 382 g/mol. The van der Waals surface area contributed by atoms with Crippen molar-refractivity contribution in [3.63, 3.8) is 0 Å². The molecule has 4 nitrogen and oxygen atoms in total. The summed E-state index contributed by atoms with van der Waals surface area (Å²) in [7, 11) is 0. The van der Waals surface area contributed by atoms with Gasteiger partial charge in [0.2, 0.25) is 0 Å². The van der Waals surface area contributed by atoms with Crippen LogP contribution < -0.4 is 5.32 Å². The summed E-state index contributed by atoms with van der Waals surface area (Å²) in [5.74, 6) is 0.493. The van der Waals surface area contributed by atoms with Crippen molar-refractivity contribution in [2.45, 2.75) is 45.6 Å². The van der Waals surface area contributed by atoms with Gasteiger partial charge in [0.05, 0.1) is 6.42 Å². The number of nitrogens with one attached hydrogen (secondary N) is 1. The average Bonchev–Trinajstić information content (AvgIpc) is 2.52. The highest BCUT2D eigenvalue weighted by molar-refractivity contribution is 9.10. The van der Waals surface area contributed by atoms with Crippen LogP contribution in [-0.4, -0.2) is 24.5 Å². The minimum Gasteiger partial charge on any atom is -0.455 e. The molecular formula is C18H24BrNO3.